The maximum atomic E-state index is 13.7. The molecule has 33 heavy (non-hydrogen) atoms. The van der Waals surface area contributed by atoms with E-state index in [4.69, 9.17) is 0 Å². The van der Waals surface area contributed by atoms with E-state index in [9.17, 15) is 31.5 Å². The fourth-order valence-electron chi connectivity index (χ4n) is 3.00. The van der Waals surface area contributed by atoms with Crippen LogP contribution in [-0.2, 0) is 16.0 Å². The standard InChI is InChI=1S/C20H15F3N4O4S2/c1-2-33(30,31)11-5-6-15(28)12(8-11)25-19(29)14-10-18-24-13(16-4-3-7-32-16)9-17(20(21,22)23)27(18)26-14/h3-10,28H,2H2,1H3,(H,25,29). The van der Waals surface area contributed by atoms with Crippen molar-refractivity contribution < 1.29 is 31.5 Å². The van der Waals surface area contributed by atoms with Gasteiger partial charge >= 0.3 is 6.18 Å². The van der Waals surface area contributed by atoms with Crippen LogP contribution >= 0.6 is 11.3 Å². The number of aromatic nitrogens is 3. The summed E-state index contributed by atoms with van der Waals surface area (Å²) in [5.74, 6) is -1.57. The minimum absolute atomic E-state index is 0.0757. The van der Waals surface area contributed by atoms with Crippen LogP contribution < -0.4 is 5.32 Å². The van der Waals surface area contributed by atoms with Crippen molar-refractivity contribution in [2.75, 3.05) is 11.1 Å². The maximum Gasteiger partial charge on any atom is 0.433 e. The number of thiophene rings is 1. The molecule has 0 atom stereocenters. The van der Waals surface area contributed by atoms with Crippen LogP contribution in [0.5, 0.6) is 5.75 Å². The number of rotatable bonds is 5. The van der Waals surface area contributed by atoms with Gasteiger partial charge in [0.25, 0.3) is 5.91 Å². The Balaban J connectivity index is 1.75. The van der Waals surface area contributed by atoms with Gasteiger partial charge in [0, 0.05) is 6.07 Å². The van der Waals surface area contributed by atoms with Crippen molar-refractivity contribution in [1.29, 1.82) is 0 Å². The quantitative estimate of drug-likeness (QED) is 0.400. The first-order valence-corrected chi connectivity index (χ1v) is 11.9. The van der Waals surface area contributed by atoms with Crippen LogP contribution in [-0.4, -0.2) is 39.8 Å². The van der Waals surface area contributed by atoms with Crippen LogP contribution in [0.3, 0.4) is 0 Å². The number of hydrogen-bond donors (Lipinski definition) is 2. The van der Waals surface area contributed by atoms with Gasteiger partial charge in [-0.05, 0) is 35.7 Å². The van der Waals surface area contributed by atoms with Crippen LogP contribution in [0.1, 0.15) is 23.1 Å². The van der Waals surface area contributed by atoms with Crippen molar-refractivity contribution in [3.8, 4) is 16.3 Å². The Morgan fingerprint density at radius 3 is 2.61 bits per heavy atom. The summed E-state index contributed by atoms with van der Waals surface area (Å²) in [7, 11) is -3.62. The van der Waals surface area contributed by atoms with E-state index in [0.29, 0.717) is 9.39 Å². The molecule has 0 bridgehead atoms. The lowest BCUT2D eigenvalue weighted by molar-refractivity contribution is -0.142. The third kappa shape index (κ3) is 4.41. The smallest absolute Gasteiger partial charge is 0.433 e. The molecule has 1 aromatic carbocycles. The number of benzene rings is 1. The van der Waals surface area contributed by atoms with Crippen molar-refractivity contribution >= 4 is 38.4 Å². The van der Waals surface area contributed by atoms with E-state index in [1.165, 1.54) is 24.3 Å². The highest BCUT2D eigenvalue weighted by Gasteiger charge is 2.36. The molecule has 1 amide bonds. The van der Waals surface area contributed by atoms with Gasteiger partial charge in [0.1, 0.15) is 5.75 Å². The summed E-state index contributed by atoms with van der Waals surface area (Å²) < 4.78 is 65.7. The first-order chi connectivity index (χ1) is 15.5. The molecular weight excluding hydrogens is 481 g/mol. The fraction of sp³-hybridized carbons (Fsp3) is 0.150. The van der Waals surface area contributed by atoms with Gasteiger partial charge in [0.05, 0.1) is 26.9 Å². The van der Waals surface area contributed by atoms with Crippen molar-refractivity contribution in [1.82, 2.24) is 14.6 Å². The molecule has 3 heterocycles. The molecule has 0 unspecified atom stereocenters. The van der Waals surface area contributed by atoms with Crippen LogP contribution in [0.15, 0.2) is 52.7 Å². The zero-order valence-corrected chi connectivity index (χ0v) is 18.4. The Morgan fingerprint density at radius 2 is 1.97 bits per heavy atom. The Kier molecular flexibility index (Phi) is 5.62. The molecule has 0 saturated heterocycles. The number of alkyl halides is 3. The second-order valence-corrected chi connectivity index (χ2v) is 10.1. The number of anilines is 1. The second kappa shape index (κ2) is 8.15. The molecule has 0 aliphatic rings. The highest BCUT2D eigenvalue weighted by atomic mass is 32.2. The summed E-state index contributed by atoms with van der Waals surface area (Å²) in [5.41, 5.74) is -1.88. The molecule has 3 aromatic heterocycles. The molecule has 2 N–H and O–H groups in total. The number of nitrogens with one attached hydrogen (secondary N) is 1. The number of fused-ring (bicyclic) bond motifs is 1. The second-order valence-electron chi connectivity index (χ2n) is 6.84. The molecule has 0 radical (unpaired) electrons. The molecule has 13 heteroatoms. The number of carbonyl (C=O) groups excluding carboxylic acids is 1. The number of phenols is 1. The van der Waals surface area contributed by atoms with Gasteiger partial charge in [-0.15, -0.1) is 11.3 Å². The Morgan fingerprint density at radius 1 is 1.21 bits per heavy atom. The van der Waals surface area contributed by atoms with Gasteiger partial charge in [-0.1, -0.05) is 13.0 Å². The van der Waals surface area contributed by atoms with Crippen LogP contribution in [0.25, 0.3) is 16.2 Å². The van der Waals surface area contributed by atoms with Crippen molar-refractivity contribution in [2.45, 2.75) is 18.0 Å². The molecule has 0 fully saturated rings. The average Bonchev–Trinajstić information content (AvgIpc) is 3.43. The Labute approximate surface area is 189 Å². The summed E-state index contributed by atoms with van der Waals surface area (Å²) in [6, 6.07) is 8.56. The summed E-state index contributed by atoms with van der Waals surface area (Å²) in [6.45, 7) is 1.44. The number of aromatic hydroxyl groups is 1. The minimum atomic E-state index is -4.77. The number of halogens is 3. The van der Waals surface area contributed by atoms with E-state index in [0.717, 1.165) is 24.3 Å². The lowest BCUT2D eigenvalue weighted by Crippen LogP contribution is -2.16. The van der Waals surface area contributed by atoms with Gasteiger partial charge in [-0.3, -0.25) is 4.79 Å². The molecule has 0 aliphatic carbocycles. The monoisotopic (exact) mass is 496 g/mol. The van der Waals surface area contributed by atoms with Crippen molar-refractivity contribution in [2.24, 2.45) is 0 Å². The molecule has 4 rings (SSSR count). The zero-order valence-electron chi connectivity index (χ0n) is 16.8. The Hall–Kier alpha value is -3.45. The van der Waals surface area contributed by atoms with E-state index < -0.39 is 39.1 Å². The summed E-state index contributed by atoms with van der Waals surface area (Å²) in [5, 5.41) is 17.7. The van der Waals surface area contributed by atoms with Gasteiger partial charge in [0.15, 0.2) is 26.9 Å². The number of amides is 1. The third-order valence-corrected chi connectivity index (χ3v) is 7.30. The van der Waals surface area contributed by atoms with Gasteiger partial charge in [-0.25, -0.2) is 17.9 Å². The summed E-state index contributed by atoms with van der Waals surface area (Å²) >= 11 is 1.21. The topological polar surface area (TPSA) is 114 Å². The van der Waals surface area contributed by atoms with Gasteiger partial charge in [0.2, 0.25) is 0 Å². The number of carbonyl (C=O) groups is 1. The Bertz CT molecular complexity index is 1460. The summed E-state index contributed by atoms with van der Waals surface area (Å²) in [6.07, 6.45) is -4.77. The molecule has 0 saturated carbocycles. The molecule has 4 aromatic rings. The van der Waals surface area contributed by atoms with Crippen LogP contribution in [0.2, 0.25) is 0 Å². The minimum Gasteiger partial charge on any atom is -0.506 e. The lowest BCUT2D eigenvalue weighted by Gasteiger charge is -2.10. The largest absolute Gasteiger partial charge is 0.506 e. The summed E-state index contributed by atoms with van der Waals surface area (Å²) in [4.78, 5) is 17.2. The predicted molar refractivity (Wildman–Crippen MR) is 115 cm³/mol. The fourth-order valence-corrected chi connectivity index (χ4v) is 4.59. The molecule has 172 valence electrons. The van der Waals surface area contributed by atoms with E-state index in [1.807, 2.05) is 0 Å². The highest BCUT2D eigenvalue weighted by Crippen LogP contribution is 2.34. The van der Waals surface area contributed by atoms with Gasteiger partial charge < -0.3 is 10.4 Å². The predicted octanol–water partition coefficient (Wildman–Crippen LogP) is 4.23. The van der Waals surface area contributed by atoms with Crippen LogP contribution in [0, 0.1) is 0 Å². The van der Waals surface area contributed by atoms with Crippen LogP contribution in [0.4, 0.5) is 18.9 Å². The SMILES string of the molecule is CCS(=O)(=O)c1ccc(O)c(NC(=O)c2cc3nc(-c4cccs4)cc(C(F)(F)F)n3n2)c1. The highest BCUT2D eigenvalue weighted by molar-refractivity contribution is 7.91. The number of nitrogens with zero attached hydrogens (tertiary/aromatic N) is 3. The van der Waals surface area contributed by atoms with E-state index in [2.05, 4.69) is 15.4 Å². The first-order valence-electron chi connectivity index (χ1n) is 9.38. The third-order valence-electron chi connectivity index (χ3n) is 4.68. The number of hydrogen-bond acceptors (Lipinski definition) is 7. The van der Waals surface area contributed by atoms with E-state index in [1.54, 1.807) is 17.5 Å². The average molecular weight is 496 g/mol. The number of sulfone groups is 1. The lowest BCUT2D eigenvalue weighted by atomic mass is 10.2. The maximum absolute atomic E-state index is 13.7. The van der Waals surface area contributed by atoms with Gasteiger partial charge in [-0.2, -0.15) is 18.3 Å². The van der Waals surface area contributed by atoms with Crippen molar-refractivity contribution in [3.05, 3.63) is 59.2 Å². The zero-order chi connectivity index (χ0) is 24.0. The number of phenolic OH excluding ortho intramolecular Hbond substituents is 1. The van der Waals surface area contributed by atoms with E-state index >= 15 is 0 Å². The molecule has 8 nitrogen and oxygen atoms in total. The molecule has 0 spiro atoms. The molecule has 0 aliphatic heterocycles. The normalized spacial score (nSPS) is 12.2. The molecular formula is C20H15F3N4O4S2. The van der Waals surface area contributed by atoms with Crippen molar-refractivity contribution in [3.63, 3.8) is 0 Å². The first kappa shape index (κ1) is 22.7. The van der Waals surface area contributed by atoms with E-state index in [-0.39, 0.29) is 27.7 Å².